The minimum Gasteiger partial charge on any atom is -0.467 e. The summed E-state index contributed by atoms with van der Waals surface area (Å²) >= 11 is 0. The van der Waals surface area contributed by atoms with Crippen LogP contribution in [-0.2, 0) is 28.7 Å². The van der Waals surface area contributed by atoms with Crippen molar-refractivity contribution in [2.45, 2.75) is 82.0 Å². The fourth-order valence-electron chi connectivity index (χ4n) is 6.86. The topological polar surface area (TPSA) is 202 Å². The summed E-state index contributed by atoms with van der Waals surface area (Å²) in [7, 11) is 0. The number of likely N-dealkylation sites (tertiary alicyclic amines) is 1. The van der Waals surface area contributed by atoms with Crippen molar-refractivity contribution < 1.29 is 48.1 Å². The van der Waals surface area contributed by atoms with Crippen molar-refractivity contribution in [1.29, 1.82) is 0 Å². The van der Waals surface area contributed by atoms with E-state index in [2.05, 4.69) is 15.7 Å². The molecule has 3 atom stereocenters. The first kappa shape index (κ1) is 37.6. The summed E-state index contributed by atoms with van der Waals surface area (Å²) < 4.78 is 18.2. The Morgan fingerprint density at radius 1 is 0.925 bits per heavy atom. The summed E-state index contributed by atoms with van der Waals surface area (Å²) in [6, 6.07) is 8.65. The van der Waals surface area contributed by atoms with Crippen molar-refractivity contribution >= 4 is 35.7 Å². The van der Waals surface area contributed by atoms with Gasteiger partial charge in [0.05, 0.1) is 11.8 Å². The molecule has 1 unspecified atom stereocenters. The second kappa shape index (κ2) is 17.6. The lowest BCUT2D eigenvalue weighted by Gasteiger charge is -2.35. The number of ether oxygens (including phenoxy) is 3. The molecule has 0 bridgehead atoms. The smallest absolute Gasteiger partial charge is 0.407 e. The average molecular weight is 738 g/mol. The number of para-hydroxylation sites is 1. The van der Waals surface area contributed by atoms with Crippen LogP contribution in [-0.4, -0.2) is 142 Å². The molecule has 1 saturated carbocycles. The molecule has 1 aromatic carbocycles. The van der Waals surface area contributed by atoms with Crippen molar-refractivity contribution in [3.63, 3.8) is 0 Å². The number of piperazine rings is 1. The number of esters is 1. The summed E-state index contributed by atoms with van der Waals surface area (Å²) in [4.78, 5) is 82.0. The van der Waals surface area contributed by atoms with Crippen molar-refractivity contribution in [3.05, 3.63) is 42.1 Å². The second-order valence-electron chi connectivity index (χ2n) is 13.8. The first-order chi connectivity index (χ1) is 25.7. The van der Waals surface area contributed by atoms with E-state index in [1.54, 1.807) is 24.3 Å². The number of hydrogen-bond donors (Lipinski definition) is 3. The number of aromatic nitrogens is 2. The van der Waals surface area contributed by atoms with Crippen LogP contribution < -0.4 is 15.4 Å². The zero-order chi connectivity index (χ0) is 37.3. The van der Waals surface area contributed by atoms with E-state index in [0.29, 0.717) is 31.7 Å². The van der Waals surface area contributed by atoms with Gasteiger partial charge in [-0.2, -0.15) is 5.10 Å². The highest BCUT2D eigenvalue weighted by atomic mass is 16.6. The Hall–Kier alpha value is -5.19. The lowest BCUT2D eigenvalue weighted by atomic mass is 9.93. The molecule has 2 aromatic rings. The maximum absolute atomic E-state index is 13.8. The Morgan fingerprint density at radius 3 is 2.36 bits per heavy atom. The molecule has 0 radical (unpaired) electrons. The molecule has 0 spiro atoms. The van der Waals surface area contributed by atoms with Crippen LogP contribution in [0.25, 0.3) is 5.69 Å². The molecule has 4 fully saturated rings. The van der Waals surface area contributed by atoms with Gasteiger partial charge >= 0.3 is 12.1 Å². The van der Waals surface area contributed by atoms with E-state index in [1.807, 2.05) is 6.07 Å². The van der Waals surface area contributed by atoms with Crippen LogP contribution in [0.5, 0.6) is 5.88 Å². The molecule has 5 amide bonds. The number of hydrogen-bond acceptors (Lipinski definition) is 10. The van der Waals surface area contributed by atoms with Crippen LogP contribution in [0.2, 0.25) is 0 Å². The van der Waals surface area contributed by atoms with Gasteiger partial charge in [0.2, 0.25) is 17.7 Å². The molecule has 4 heterocycles. The number of nitrogens with zero attached hydrogens (tertiary/aromatic N) is 5. The minimum atomic E-state index is -1.15. The summed E-state index contributed by atoms with van der Waals surface area (Å²) in [6.45, 7) is 1.20. The lowest BCUT2D eigenvalue weighted by Crippen LogP contribution is -2.55. The third kappa shape index (κ3) is 9.63. The first-order valence-electron chi connectivity index (χ1n) is 18.4. The molecule has 1 aliphatic carbocycles. The second-order valence-corrected chi connectivity index (χ2v) is 13.8. The van der Waals surface area contributed by atoms with Crippen molar-refractivity contribution in [1.82, 2.24) is 35.1 Å². The quantitative estimate of drug-likeness (QED) is 0.236. The number of benzene rings is 1. The normalized spacial score (nSPS) is 20.7. The van der Waals surface area contributed by atoms with Crippen molar-refractivity contribution in [3.8, 4) is 11.6 Å². The molecule has 17 heteroatoms. The zero-order valence-electron chi connectivity index (χ0n) is 29.7. The fourth-order valence-corrected chi connectivity index (χ4v) is 6.86. The maximum atomic E-state index is 13.8. The highest BCUT2D eigenvalue weighted by molar-refractivity contribution is 5.96. The summed E-state index contributed by atoms with van der Waals surface area (Å²) in [5.41, 5.74) is 0.440. The van der Waals surface area contributed by atoms with Crippen molar-refractivity contribution in [2.75, 3.05) is 52.5 Å². The molecular formula is C36H47N7O10. The monoisotopic (exact) mass is 737 g/mol. The predicted octanol–water partition coefficient (Wildman–Crippen LogP) is 1.33. The molecule has 3 aliphatic heterocycles. The SMILES string of the molecule is O=C(CC[C@H](NC(=O)c1cc(OCC(=O)N2CCC[C@H]2C(=O)NC2CCC2)n(-c2ccccc2)n1)C(=O)N1CCN(C(=O)O)CC1)OCC1CCCO1. The van der Waals surface area contributed by atoms with E-state index in [0.717, 1.165) is 32.1 Å². The minimum absolute atomic E-state index is 0.0728. The van der Waals surface area contributed by atoms with Crippen LogP contribution >= 0.6 is 0 Å². The number of carboxylic acid groups (broad SMARTS) is 1. The fraction of sp³-hybridized carbons (Fsp3) is 0.583. The highest BCUT2D eigenvalue weighted by Gasteiger charge is 2.36. The molecule has 1 aromatic heterocycles. The third-order valence-electron chi connectivity index (χ3n) is 10.1. The van der Waals surface area contributed by atoms with E-state index < -0.39 is 42.6 Å². The van der Waals surface area contributed by atoms with Crippen LogP contribution in [0.15, 0.2) is 36.4 Å². The Balaban J connectivity index is 1.14. The Kier molecular flexibility index (Phi) is 12.4. The highest BCUT2D eigenvalue weighted by Crippen LogP contribution is 2.24. The van der Waals surface area contributed by atoms with Gasteiger partial charge in [0, 0.05) is 57.9 Å². The first-order valence-corrected chi connectivity index (χ1v) is 18.4. The summed E-state index contributed by atoms with van der Waals surface area (Å²) in [6.07, 6.45) is 4.42. The molecule has 6 rings (SSSR count). The maximum Gasteiger partial charge on any atom is 0.407 e. The predicted molar refractivity (Wildman–Crippen MR) is 186 cm³/mol. The van der Waals surface area contributed by atoms with E-state index >= 15 is 0 Å². The van der Waals surface area contributed by atoms with Gasteiger partial charge in [-0.15, -0.1) is 0 Å². The van der Waals surface area contributed by atoms with Gasteiger partial charge < -0.3 is 44.7 Å². The number of carbonyl (C=O) groups excluding carboxylic acids is 5. The Bertz CT molecular complexity index is 1630. The number of nitrogens with one attached hydrogen (secondary N) is 2. The van der Waals surface area contributed by atoms with Gasteiger partial charge in [-0.1, -0.05) is 18.2 Å². The van der Waals surface area contributed by atoms with E-state index in [4.69, 9.17) is 14.2 Å². The van der Waals surface area contributed by atoms with E-state index in [1.165, 1.54) is 25.4 Å². The third-order valence-corrected chi connectivity index (χ3v) is 10.1. The summed E-state index contributed by atoms with van der Waals surface area (Å²) in [5, 5.41) is 19.6. The van der Waals surface area contributed by atoms with Crippen molar-refractivity contribution in [2.24, 2.45) is 0 Å². The van der Waals surface area contributed by atoms with Gasteiger partial charge in [0.25, 0.3) is 11.8 Å². The number of rotatable bonds is 14. The van der Waals surface area contributed by atoms with Crippen LogP contribution in [0.3, 0.4) is 0 Å². The molecule has 17 nitrogen and oxygen atoms in total. The average Bonchev–Trinajstić information content (AvgIpc) is 3.95. The van der Waals surface area contributed by atoms with Crippen LogP contribution in [0, 0.1) is 0 Å². The van der Waals surface area contributed by atoms with Gasteiger partial charge in [0.1, 0.15) is 18.7 Å². The van der Waals surface area contributed by atoms with Gasteiger partial charge in [0.15, 0.2) is 12.3 Å². The van der Waals surface area contributed by atoms with Crippen LogP contribution in [0.1, 0.15) is 68.3 Å². The van der Waals surface area contributed by atoms with Gasteiger partial charge in [-0.3, -0.25) is 24.0 Å². The Morgan fingerprint density at radius 2 is 1.68 bits per heavy atom. The molecule has 286 valence electrons. The standard InChI is InChI=1S/C36H47N7O10/c44-30(42-15-5-12-29(42)34(47)37-24-7-4-8-24)23-52-31-21-28(39-43(31)25-9-2-1-3-10-25)33(46)38-27(13-14-32(45)53-22-26-11-6-20-51-26)35(48)40-16-18-41(19-17-40)36(49)50/h1-3,9-10,21,24,26-27,29H,4-8,11-20,22-23H2,(H,37,47)(H,38,46)(H,49,50)/t26?,27-,29-/m0/s1. The van der Waals surface area contributed by atoms with Gasteiger partial charge in [-0.25, -0.2) is 9.48 Å². The largest absolute Gasteiger partial charge is 0.467 e. The zero-order valence-corrected chi connectivity index (χ0v) is 29.7. The Labute approximate surface area is 306 Å². The molecule has 3 saturated heterocycles. The number of amides is 5. The summed E-state index contributed by atoms with van der Waals surface area (Å²) in [5.74, 6) is -2.17. The molecule has 3 N–H and O–H groups in total. The molecule has 53 heavy (non-hydrogen) atoms. The van der Waals surface area contributed by atoms with Crippen LogP contribution in [0.4, 0.5) is 4.79 Å². The molecular weight excluding hydrogens is 690 g/mol. The number of carbonyl (C=O) groups is 6. The molecule has 4 aliphatic rings. The lowest BCUT2D eigenvalue weighted by molar-refractivity contribution is -0.147. The van der Waals surface area contributed by atoms with E-state index in [-0.39, 0.29) is 81.2 Å². The van der Waals surface area contributed by atoms with Gasteiger partial charge in [-0.05, 0) is 63.5 Å². The van der Waals surface area contributed by atoms with E-state index in [9.17, 15) is 33.9 Å².